The van der Waals surface area contributed by atoms with Gasteiger partial charge in [-0.15, -0.1) is 0 Å². The van der Waals surface area contributed by atoms with Crippen LogP contribution in [0, 0.1) is 0 Å². The van der Waals surface area contributed by atoms with Crippen molar-refractivity contribution in [1.29, 1.82) is 0 Å². The quantitative estimate of drug-likeness (QED) is 0.444. The number of rotatable bonds is 3. The van der Waals surface area contributed by atoms with Gasteiger partial charge in [0.05, 0.1) is 22.6 Å². The van der Waals surface area contributed by atoms with E-state index >= 15 is 0 Å². The second-order valence-corrected chi connectivity index (χ2v) is 8.08. The molecule has 0 amide bonds. The molecule has 2 N–H and O–H groups in total. The summed E-state index contributed by atoms with van der Waals surface area (Å²) in [5.41, 5.74) is 9.27. The fraction of sp³-hybridized carbons (Fsp3) is 0.238. The molecule has 1 aliphatic heterocycles. The number of nitrogen functional groups attached to an aromatic ring is 1. The fourth-order valence-electron chi connectivity index (χ4n) is 3.86. The van der Waals surface area contributed by atoms with Gasteiger partial charge in [-0.3, -0.25) is 4.68 Å². The molecule has 1 aromatic carbocycles. The Kier molecular flexibility index (Phi) is 4.70. The first-order chi connectivity index (χ1) is 14.1. The normalized spacial score (nSPS) is 15.9. The van der Waals surface area contributed by atoms with Crippen molar-refractivity contribution < 1.29 is 4.42 Å². The molecule has 1 saturated heterocycles. The smallest absolute Gasteiger partial charge is 0.179 e. The van der Waals surface area contributed by atoms with Crippen molar-refractivity contribution in [1.82, 2.24) is 19.2 Å². The molecular formula is C21H19Cl2N5O. The third-order valence-electron chi connectivity index (χ3n) is 5.42. The molecular weight excluding hydrogens is 409 g/mol. The third-order valence-corrected chi connectivity index (χ3v) is 6.12. The van der Waals surface area contributed by atoms with Crippen LogP contribution in [-0.2, 0) is 0 Å². The van der Waals surface area contributed by atoms with Gasteiger partial charge in [-0.1, -0.05) is 41.9 Å². The van der Waals surface area contributed by atoms with Crippen LogP contribution in [-0.4, -0.2) is 32.3 Å². The number of furan rings is 1. The second kappa shape index (κ2) is 7.37. The Morgan fingerprint density at radius 1 is 1.07 bits per heavy atom. The maximum absolute atomic E-state index is 6.77. The van der Waals surface area contributed by atoms with Crippen LogP contribution in [0.3, 0.4) is 0 Å². The summed E-state index contributed by atoms with van der Waals surface area (Å²) in [6.45, 7) is 1.70. The van der Waals surface area contributed by atoms with E-state index in [-0.39, 0.29) is 0 Å². The molecule has 4 heterocycles. The van der Waals surface area contributed by atoms with Gasteiger partial charge in [-0.25, -0.2) is 9.40 Å². The van der Waals surface area contributed by atoms with E-state index in [9.17, 15) is 0 Å². The Morgan fingerprint density at radius 2 is 1.83 bits per heavy atom. The van der Waals surface area contributed by atoms with Gasteiger partial charge in [0, 0.05) is 42.2 Å². The van der Waals surface area contributed by atoms with E-state index in [4.69, 9.17) is 33.5 Å². The van der Waals surface area contributed by atoms with Crippen molar-refractivity contribution in [2.45, 2.75) is 18.9 Å². The number of nitrogens with zero attached hydrogens (tertiary/aromatic N) is 4. The van der Waals surface area contributed by atoms with Gasteiger partial charge in [0.25, 0.3) is 0 Å². The summed E-state index contributed by atoms with van der Waals surface area (Å²) in [6, 6.07) is 10.1. The van der Waals surface area contributed by atoms with Gasteiger partial charge in [0.2, 0.25) is 0 Å². The molecule has 3 aromatic heterocycles. The fourth-order valence-corrected chi connectivity index (χ4v) is 4.39. The molecule has 1 fully saturated rings. The largest absolute Gasteiger partial charge is 0.451 e. The number of piperidine rings is 1. The number of hydrogen-bond donors (Lipinski definition) is 1. The first-order valence-electron chi connectivity index (χ1n) is 9.49. The van der Waals surface area contributed by atoms with Gasteiger partial charge < -0.3 is 10.2 Å². The lowest BCUT2D eigenvalue weighted by Gasteiger charge is -2.27. The van der Waals surface area contributed by atoms with E-state index in [1.54, 1.807) is 6.20 Å². The summed E-state index contributed by atoms with van der Waals surface area (Å²) >= 11 is 12.8. The molecule has 5 rings (SSSR count). The van der Waals surface area contributed by atoms with Gasteiger partial charge >= 0.3 is 0 Å². The topological polar surface area (TPSA) is 73.1 Å². The van der Waals surface area contributed by atoms with Crippen LogP contribution in [0.15, 0.2) is 53.3 Å². The molecule has 0 bridgehead atoms. The molecule has 148 valence electrons. The first kappa shape index (κ1) is 18.5. The zero-order valence-corrected chi connectivity index (χ0v) is 17.1. The molecule has 0 saturated carbocycles. The number of nitrogens with two attached hydrogens (primary N) is 1. The minimum atomic E-state index is 0.315. The number of benzene rings is 1. The molecule has 1 aliphatic rings. The van der Waals surface area contributed by atoms with Crippen molar-refractivity contribution >= 4 is 40.2 Å². The molecule has 8 heteroatoms. The molecule has 4 aromatic rings. The van der Waals surface area contributed by atoms with Crippen molar-refractivity contribution in [3.8, 4) is 22.5 Å². The molecule has 6 nitrogen and oxygen atoms in total. The summed E-state index contributed by atoms with van der Waals surface area (Å²) in [7, 11) is 0. The van der Waals surface area contributed by atoms with E-state index in [0.29, 0.717) is 28.2 Å². The highest BCUT2D eigenvalue weighted by atomic mass is 35.5. The SMILES string of the molecule is Nc1ncc(-c2cnn(C3CCN(Cl)CC3)c2)c2c(Cl)c(-c3ccccc3)oc12. The minimum Gasteiger partial charge on any atom is -0.451 e. The van der Waals surface area contributed by atoms with Crippen LogP contribution in [0.2, 0.25) is 5.02 Å². The highest BCUT2D eigenvalue weighted by Crippen LogP contribution is 2.43. The lowest BCUT2D eigenvalue weighted by atomic mass is 10.1. The van der Waals surface area contributed by atoms with Crippen LogP contribution in [0.1, 0.15) is 18.9 Å². The Bertz CT molecular complexity index is 1160. The predicted octanol–water partition coefficient (Wildman–Crippen LogP) is 5.38. The average Bonchev–Trinajstić information content (AvgIpc) is 3.36. The summed E-state index contributed by atoms with van der Waals surface area (Å²) in [5.74, 6) is 0.903. The van der Waals surface area contributed by atoms with E-state index in [1.165, 1.54) is 0 Å². The zero-order chi connectivity index (χ0) is 20.0. The average molecular weight is 428 g/mol. The first-order valence-corrected chi connectivity index (χ1v) is 10.2. The number of hydrogen-bond acceptors (Lipinski definition) is 5. The molecule has 0 spiro atoms. The van der Waals surface area contributed by atoms with Crippen molar-refractivity contribution in [2.75, 3.05) is 18.8 Å². The van der Waals surface area contributed by atoms with Gasteiger partial charge in [0.1, 0.15) is 0 Å². The highest BCUT2D eigenvalue weighted by molar-refractivity contribution is 6.39. The minimum absolute atomic E-state index is 0.315. The maximum Gasteiger partial charge on any atom is 0.179 e. The van der Waals surface area contributed by atoms with Crippen LogP contribution in [0.25, 0.3) is 33.4 Å². The Balaban J connectivity index is 1.59. The van der Waals surface area contributed by atoms with Crippen LogP contribution >= 0.6 is 23.4 Å². The molecule has 0 radical (unpaired) electrons. The van der Waals surface area contributed by atoms with Crippen molar-refractivity contribution in [3.05, 3.63) is 53.9 Å². The van der Waals surface area contributed by atoms with E-state index in [2.05, 4.69) is 10.1 Å². The monoisotopic (exact) mass is 427 g/mol. The van der Waals surface area contributed by atoms with Gasteiger partial charge in [0.15, 0.2) is 17.2 Å². The molecule has 0 aliphatic carbocycles. The standard InChI is InChI=1S/C21H19Cl2N5O/c22-18-17-16(14-10-26-28(12-14)15-6-8-27(23)9-7-15)11-25-21(24)20(17)29-19(18)13-4-2-1-3-5-13/h1-5,10-12,15H,6-9H2,(H2,24,25). The molecule has 29 heavy (non-hydrogen) atoms. The summed E-state index contributed by atoms with van der Waals surface area (Å²) in [4.78, 5) is 4.33. The number of fused-ring (bicyclic) bond motifs is 1. The molecule has 0 atom stereocenters. The molecule has 0 unspecified atom stereocenters. The highest BCUT2D eigenvalue weighted by Gasteiger charge is 2.23. The van der Waals surface area contributed by atoms with Gasteiger partial charge in [-0.2, -0.15) is 5.10 Å². The van der Waals surface area contributed by atoms with E-state index in [0.717, 1.165) is 48.0 Å². The summed E-state index contributed by atoms with van der Waals surface area (Å²) in [6.07, 6.45) is 7.53. The number of anilines is 1. The third kappa shape index (κ3) is 3.27. The number of pyridine rings is 1. The summed E-state index contributed by atoms with van der Waals surface area (Å²) in [5, 5.41) is 5.87. The zero-order valence-electron chi connectivity index (χ0n) is 15.6. The predicted molar refractivity (Wildman–Crippen MR) is 116 cm³/mol. The maximum atomic E-state index is 6.77. The Labute approximate surface area is 177 Å². The second-order valence-electron chi connectivity index (χ2n) is 7.22. The number of halogens is 2. The lowest BCUT2D eigenvalue weighted by molar-refractivity contribution is 0.269. The van der Waals surface area contributed by atoms with E-state index < -0.39 is 0 Å². The van der Waals surface area contributed by atoms with Gasteiger partial charge in [-0.05, 0) is 24.6 Å². The van der Waals surface area contributed by atoms with Crippen LogP contribution in [0.5, 0.6) is 0 Å². The van der Waals surface area contributed by atoms with Crippen LogP contribution < -0.4 is 5.73 Å². The number of aromatic nitrogens is 3. The van der Waals surface area contributed by atoms with E-state index in [1.807, 2.05) is 51.8 Å². The van der Waals surface area contributed by atoms with Crippen molar-refractivity contribution in [3.63, 3.8) is 0 Å². The van der Waals surface area contributed by atoms with Crippen molar-refractivity contribution in [2.24, 2.45) is 0 Å². The van der Waals surface area contributed by atoms with Crippen LogP contribution in [0.4, 0.5) is 5.82 Å². The Morgan fingerprint density at radius 3 is 2.59 bits per heavy atom. The lowest BCUT2D eigenvalue weighted by Crippen LogP contribution is -2.28. The summed E-state index contributed by atoms with van der Waals surface area (Å²) < 4.78 is 9.88. The Hall–Kier alpha value is -2.54.